The van der Waals surface area contributed by atoms with Crippen molar-refractivity contribution in [3.63, 3.8) is 0 Å². The molecule has 0 bridgehead atoms. The highest BCUT2D eigenvalue weighted by molar-refractivity contribution is 5.83. The second-order valence-electron chi connectivity index (χ2n) is 4.71. The van der Waals surface area contributed by atoms with Gasteiger partial charge in [0.05, 0.1) is 5.56 Å². The van der Waals surface area contributed by atoms with Crippen LogP contribution in [0.1, 0.15) is 5.56 Å². The first kappa shape index (κ1) is 12.5. The number of nitrogens with one attached hydrogen (secondary N) is 1. The summed E-state index contributed by atoms with van der Waals surface area (Å²) in [5.74, 6) is 0. The highest BCUT2D eigenvalue weighted by Crippen LogP contribution is 2.28. The van der Waals surface area contributed by atoms with Crippen molar-refractivity contribution in [1.29, 1.82) is 0 Å². The largest absolute Gasteiger partial charge is 0.422 e. The lowest BCUT2D eigenvalue weighted by Gasteiger charge is -2.10. The van der Waals surface area contributed by atoms with Gasteiger partial charge in [0, 0.05) is 18.1 Å². The number of rotatable bonds is 2. The first-order valence-corrected chi connectivity index (χ1v) is 6.51. The van der Waals surface area contributed by atoms with Gasteiger partial charge in [-0.25, -0.2) is 4.79 Å². The lowest BCUT2D eigenvalue weighted by atomic mass is 9.99. The fourth-order valence-corrected chi connectivity index (χ4v) is 2.45. The summed E-state index contributed by atoms with van der Waals surface area (Å²) in [5.41, 5.74) is 3.85. The van der Waals surface area contributed by atoms with Crippen LogP contribution in [0.2, 0.25) is 0 Å². The van der Waals surface area contributed by atoms with Gasteiger partial charge in [0.1, 0.15) is 5.58 Å². The van der Waals surface area contributed by atoms with Crippen LogP contribution in [0.5, 0.6) is 0 Å². The van der Waals surface area contributed by atoms with Crippen molar-refractivity contribution in [2.24, 2.45) is 0 Å². The van der Waals surface area contributed by atoms with Crippen LogP contribution in [0.3, 0.4) is 0 Å². The van der Waals surface area contributed by atoms with Crippen LogP contribution in [-0.4, -0.2) is 7.05 Å². The Labute approximate surface area is 116 Å². The average molecular weight is 265 g/mol. The molecule has 1 heterocycles. The minimum absolute atomic E-state index is 0.306. The van der Waals surface area contributed by atoms with Crippen molar-refractivity contribution in [3.05, 3.63) is 64.5 Å². The third-order valence-electron chi connectivity index (χ3n) is 3.53. The molecule has 3 heteroatoms. The molecule has 0 radical (unpaired) electrons. The SMILES string of the molecule is CNc1cccc(-c2cc3ccccc3oc2=O)c1C. The second-order valence-corrected chi connectivity index (χ2v) is 4.71. The molecular weight excluding hydrogens is 250 g/mol. The summed E-state index contributed by atoms with van der Waals surface area (Å²) in [6.45, 7) is 2.00. The van der Waals surface area contributed by atoms with Crippen LogP contribution < -0.4 is 10.9 Å². The molecule has 1 N–H and O–H groups in total. The zero-order valence-electron chi connectivity index (χ0n) is 11.4. The molecule has 100 valence electrons. The summed E-state index contributed by atoms with van der Waals surface area (Å²) < 4.78 is 5.40. The number of fused-ring (bicyclic) bond motifs is 1. The van der Waals surface area contributed by atoms with Crippen LogP contribution in [0.25, 0.3) is 22.1 Å². The van der Waals surface area contributed by atoms with Crippen molar-refractivity contribution in [2.45, 2.75) is 6.92 Å². The van der Waals surface area contributed by atoms with Crippen LogP contribution in [0.4, 0.5) is 5.69 Å². The zero-order chi connectivity index (χ0) is 14.1. The molecule has 0 spiro atoms. The third-order valence-corrected chi connectivity index (χ3v) is 3.53. The van der Waals surface area contributed by atoms with Gasteiger partial charge in [0.15, 0.2) is 0 Å². The predicted octanol–water partition coefficient (Wildman–Crippen LogP) is 3.81. The molecule has 0 atom stereocenters. The van der Waals surface area contributed by atoms with Crippen LogP contribution in [0, 0.1) is 6.92 Å². The Bertz CT molecular complexity index is 834. The van der Waals surface area contributed by atoms with Gasteiger partial charge in [-0.15, -0.1) is 0 Å². The van der Waals surface area contributed by atoms with Crippen molar-refractivity contribution in [2.75, 3.05) is 12.4 Å². The topological polar surface area (TPSA) is 42.2 Å². The van der Waals surface area contributed by atoms with Crippen molar-refractivity contribution < 1.29 is 4.42 Å². The monoisotopic (exact) mass is 265 g/mol. The molecule has 3 aromatic rings. The standard InChI is InChI=1S/C17H15NO2/c1-11-13(7-5-8-15(11)18-2)14-10-12-6-3-4-9-16(12)20-17(14)19/h3-10,18H,1-2H3. The molecule has 1 aromatic heterocycles. The summed E-state index contributed by atoms with van der Waals surface area (Å²) in [6.07, 6.45) is 0. The summed E-state index contributed by atoms with van der Waals surface area (Å²) in [7, 11) is 1.87. The fourth-order valence-electron chi connectivity index (χ4n) is 2.45. The normalized spacial score (nSPS) is 10.7. The van der Waals surface area contributed by atoms with Gasteiger partial charge < -0.3 is 9.73 Å². The summed E-state index contributed by atoms with van der Waals surface area (Å²) >= 11 is 0. The minimum atomic E-state index is -0.306. The molecule has 0 aliphatic rings. The van der Waals surface area contributed by atoms with E-state index >= 15 is 0 Å². The number of hydrogen-bond donors (Lipinski definition) is 1. The van der Waals surface area contributed by atoms with E-state index in [9.17, 15) is 4.79 Å². The van der Waals surface area contributed by atoms with Gasteiger partial charge >= 0.3 is 5.63 Å². The minimum Gasteiger partial charge on any atom is -0.422 e. The van der Waals surface area contributed by atoms with Gasteiger partial charge in [-0.1, -0.05) is 30.3 Å². The molecule has 0 unspecified atom stereocenters. The van der Waals surface area contributed by atoms with Gasteiger partial charge in [-0.3, -0.25) is 0 Å². The van der Waals surface area contributed by atoms with E-state index in [1.165, 1.54) is 0 Å². The maximum atomic E-state index is 12.2. The van der Waals surface area contributed by atoms with E-state index in [1.54, 1.807) is 6.07 Å². The summed E-state index contributed by atoms with van der Waals surface area (Å²) in [6, 6.07) is 15.3. The fraction of sp³-hybridized carbons (Fsp3) is 0.118. The van der Waals surface area contributed by atoms with Gasteiger partial charge in [0.2, 0.25) is 0 Å². The summed E-state index contributed by atoms with van der Waals surface area (Å²) in [5, 5.41) is 4.06. The maximum Gasteiger partial charge on any atom is 0.344 e. The molecule has 20 heavy (non-hydrogen) atoms. The molecule has 0 aliphatic heterocycles. The molecule has 3 nitrogen and oxygen atoms in total. The predicted molar refractivity (Wildman–Crippen MR) is 82.2 cm³/mol. The molecule has 0 saturated heterocycles. The Morgan fingerprint density at radius 1 is 1.00 bits per heavy atom. The Morgan fingerprint density at radius 3 is 2.60 bits per heavy atom. The second kappa shape index (κ2) is 4.85. The highest BCUT2D eigenvalue weighted by Gasteiger charge is 2.11. The van der Waals surface area contributed by atoms with Crippen molar-refractivity contribution in [1.82, 2.24) is 0 Å². The van der Waals surface area contributed by atoms with Crippen LogP contribution >= 0.6 is 0 Å². The highest BCUT2D eigenvalue weighted by atomic mass is 16.4. The Kier molecular flexibility index (Phi) is 3.03. The Hall–Kier alpha value is -2.55. The van der Waals surface area contributed by atoms with Gasteiger partial charge in [-0.2, -0.15) is 0 Å². The van der Waals surface area contributed by atoms with Crippen molar-refractivity contribution >= 4 is 16.7 Å². The molecule has 0 fully saturated rings. The van der Waals surface area contributed by atoms with Crippen LogP contribution in [-0.2, 0) is 0 Å². The molecule has 0 amide bonds. The zero-order valence-corrected chi connectivity index (χ0v) is 11.4. The van der Waals surface area contributed by atoms with E-state index in [-0.39, 0.29) is 5.63 Å². The van der Waals surface area contributed by atoms with Gasteiger partial charge in [-0.05, 0) is 36.2 Å². The average Bonchev–Trinajstić information content (AvgIpc) is 2.47. The lowest BCUT2D eigenvalue weighted by Crippen LogP contribution is -2.04. The molecule has 0 saturated carbocycles. The molecule has 2 aromatic carbocycles. The molecule has 0 aliphatic carbocycles. The number of para-hydroxylation sites is 1. The van der Waals surface area contributed by atoms with Gasteiger partial charge in [0.25, 0.3) is 0 Å². The van der Waals surface area contributed by atoms with E-state index in [1.807, 2.05) is 56.4 Å². The van der Waals surface area contributed by atoms with Crippen LogP contribution in [0.15, 0.2) is 57.7 Å². The Balaban J connectivity index is 2.29. The van der Waals surface area contributed by atoms with E-state index in [0.29, 0.717) is 11.1 Å². The first-order chi connectivity index (χ1) is 9.70. The summed E-state index contributed by atoms with van der Waals surface area (Å²) in [4.78, 5) is 12.2. The number of hydrogen-bond acceptors (Lipinski definition) is 3. The van der Waals surface area contributed by atoms with E-state index in [0.717, 1.165) is 22.2 Å². The smallest absolute Gasteiger partial charge is 0.344 e. The maximum absolute atomic E-state index is 12.2. The van der Waals surface area contributed by atoms with E-state index in [4.69, 9.17) is 4.42 Å². The lowest BCUT2D eigenvalue weighted by molar-refractivity contribution is 0.563. The Morgan fingerprint density at radius 2 is 1.80 bits per heavy atom. The van der Waals surface area contributed by atoms with E-state index in [2.05, 4.69) is 5.32 Å². The number of anilines is 1. The number of benzene rings is 2. The first-order valence-electron chi connectivity index (χ1n) is 6.51. The third kappa shape index (κ3) is 1.97. The van der Waals surface area contributed by atoms with E-state index < -0.39 is 0 Å². The quantitative estimate of drug-likeness (QED) is 0.716. The molecular formula is C17H15NO2. The molecule has 3 rings (SSSR count). The van der Waals surface area contributed by atoms with Crippen molar-refractivity contribution in [3.8, 4) is 11.1 Å².